The van der Waals surface area contributed by atoms with Gasteiger partial charge in [-0.1, -0.05) is 6.07 Å². The molecule has 0 saturated carbocycles. The lowest BCUT2D eigenvalue weighted by Gasteiger charge is -2.07. The van der Waals surface area contributed by atoms with Crippen molar-refractivity contribution in [2.24, 2.45) is 5.92 Å². The highest BCUT2D eigenvalue weighted by molar-refractivity contribution is 5.81. The molecular weight excluding hydrogens is 198 g/mol. The van der Waals surface area contributed by atoms with Crippen LogP contribution in [0.3, 0.4) is 0 Å². The van der Waals surface area contributed by atoms with E-state index in [9.17, 15) is 0 Å². The summed E-state index contributed by atoms with van der Waals surface area (Å²) >= 11 is 0. The predicted molar refractivity (Wildman–Crippen MR) is 65.6 cm³/mol. The highest BCUT2D eigenvalue weighted by Crippen LogP contribution is 2.24. The van der Waals surface area contributed by atoms with E-state index in [2.05, 4.69) is 30.4 Å². The van der Waals surface area contributed by atoms with Crippen LogP contribution < -0.4 is 5.32 Å². The Morgan fingerprint density at radius 1 is 1.44 bits per heavy atom. The van der Waals surface area contributed by atoms with Crippen LogP contribution in [0.4, 0.5) is 0 Å². The fraction of sp³-hybridized carbons (Fsp3) is 0.429. The van der Waals surface area contributed by atoms with E-state index >= 15 is 0 Å². The molecular formula is C14H17NO. The molecule has 2 nitrogen and oxygen atoms in total. The molecule has 1 N–H and O–H groups in total. The summed E-state index contributed by atoms with van der Waals surface area (Å²) in [6, 6.07) is 6.58. The van der Waals surface area contributed by atoms with Crippen molar-refractivity contribution in [3.05, 3.63) is 35.6 Å². The molecule has 2 aromatic rings. The average Bonchev–Trinajstić information content (AvgIpc) is 2.90. The number of fused-ring (bicyclic) bond motifs is 1. The zero-order valence-electron chi connectivity index (χ0n) is 9.62. The Morgan fingerprint density at radius 3 is 3.19 bits per heavy atom. The standard InChI is InChI=1S/C14H17NO/c1-10-9-16-14-3-2-11(7-13(10)14)6-12-4-5-15-8-12/h2-3,7,9,12,15H,4-6,8H2,1H3. The normalized spacial score (nSPS) is 20.7. The molecule has 1 aromatic heterocycles. The van der Waals surface area contributed by atoms with E-state index in [0.29, 0.717) is 0 Å². The molecule has 2 heteroatoms. The van der Waals surface area contributed by atoms with Gasteiger partial charge >= 0.3 is 0 Å². The van der Waals surface area contributed by atoms with Crippen LogP contribution in [0.15, 0.2) is 28.9 Å². The molecule has 2 heterocycles. The lowest BCUT2D eigenvalue weighted by atomic mass is 9.97. The first-order chi connectivity index (χ1) is 7.83. The van der Waals surface area contributed by atoms with Gasteiger partial charge in [-0.25, -0.2) is 0 Å². The van der Waals surface area contributed by atoms with Gasteiger partial charge in [0.05, 0.1) is 6.26 Å². The lowest BCUT2D eigenvalue weighted by Crippen LogP contribution is -2.10. The molecule has 0 bridgehead atoms. The molecule has 84 valence electrons. The second-order valence-electron chi connectivity index (χ2n) is 4.81. The highest BCUT2D eigenvalue weighted by atomic mass is 16.3. The van der Waals surface area contributed by atoms with Gasteiger partial charge in [-0.05, 0) is 62.0 Å². The SMILES string of the molecule is Cc1coc2ccc(CC3CCNC3)cc12. The van der Waals surface area contributed by atoms with Crippen LogP contribution in [-0.2, 0) is 6.42 Å². The third-order valence-corrected chi connectivity index (χ3v) is 3.52. The molecule has 1 unspecified atom stereocenters. The number of nitrogens with one attached hydrogen (secondary N) is 1. The Labute approximate surface area is 95.6 Å². The zero-order valence-corrected chi connectivity index (χ0v) is 9.62. The van der Waals surface area contributed by atoms with E-state index in [4.69, 9.17) is 4.42 Å². The molecule has 0 aliphatic carbocycles. The Balaban J connectivity index is 1.88. The van der Waals surface area contributed by atoms with Gasteiger partial charge in [0, 0.05) is 5.39 Å². The summed E-state index contributed by atoms with van der Waals surface area (Å²) in [6.07, 6.45) is 4.33. The van der Waals surface area contributed by atoms with Gasteiger partial charge in [0.2, 0.25) is 0 Å². The van der Waals surface area contributed by atoms with Crippen LogP contribution in [0.1, 0.15) is 17.5 Å². The second kappa shape index (κ2) is 3.95. The topological polar surface area (TPSA) is 25.2 Å². The van der Waals surface area contributed by atoms with Crippen LogP contribution in [0.2, 0.25) is 0 Å². The third kappa shape index (κ3) is 1.74. The Morgan fingerprint density at radius 2 is 2.38 bits per heavy atom. The number of aryl methyl sites for hydroxylation is 1. The summed E-state index contributed by atoms with van der Waals surface area (Å²) in [5.41, 5.74) is 3.68. The minimum absolute atomic E-state index is 0.810. The van der Waals surface area contributed by atoms with Crippen molar-refractivity contribution in [3.63, 3.8) is 0 Å². The van der Waals surface area contributed by atoms with Crippen molar-refractivity contribution in [2.75, 3.05) is 13.1 Å². The number of furan rings is 1. The Bertz CT molecular complexity index is 494. The molecule has 1 saturated heterocycles. The molecule has 3 rings (SSSR count). The summed E-state index contributed by atoms with van der Waals surface area (Å²) in [5.74, 6) is 0.810. The van der Waals surface area contributed by atoms with Crippen LogP contribution >= 0.6 is 0 Å². The summed E-state index contributed by atoms with van der Waals surface area (Å²) in [6.45, 7) is 4.45. The first-order valence-corrected chi connectivity index (χ1v) is 6.00. The molecule has 16 heavy (non-hydrogen) atoms. The molecule has 1 atom stereocenters. The van der Waals surface area contributed by atoms with E-state index in [1.165, 1.54) is 42.4 Å². The van der Waals surface area contributed by atoms with Gasteiger partial charge in [0.15, 0.2) is 0 Å². The molecule has 0 radical (unpaired) electrons. The maximum absolute atomic E-state index is 5.46. The molecule has 1 aliphatic rings. The van der Waals surface area contributed by atoms with Crippen molar-refractivity contribution in [2.45, 2.75) is 19.8 Å². The van der Waals surface area contributed by atoms with Gasteiger partial charge in [-0.15, -0.1) is 0 Å². The van der Waals surface area contributed by atoms with Crippen molar-refractivity contribution in [1.82, 2.24) is 5.32 Å². The second-order valence-corrected chi connectivity index (χ2v) is 4.81. The van der Waals surface area contributed by atoms with Gasteiger partial charge in [0.1, 0.15) is 5.58 Å². The van der Waals surface area contributed by atoms with Crippen molar-refractivity contribution in [1.29, 1.82) is 0 Å². The van der Waals surface area contributed by atoms with E-state index in [1.807, 2.05) is 6.26 Å². The summed E-state index contributed by atoms with van der Waals surface area (Å²) < 4.78 is 5.46. The van der Waals surface area contributed by atoms with Crippen LogP contribution in [0.5, 0.6) is 0 Å². The summed E-state index contributed by atoms with van der Waals surface area (Å²) in [7, 11) is 0. The van der Waals surface area contributed by atoms with Gasteiger partial charge < -0.3 is 9.73 Å². The molecule has 1 aromatic carbocycles. The molecule has 1 aliphatic heterocycles. The first kappa shape index (κ1) is 9.91. The van der Waals surface area contributed by atoms with E-state index < -0.39 is 0 Å². The van der Waals surface area contributed by atoms with Gasteiger partial charge in [-0.3, -0.25) is 0 Å². The Hall–Kier alpha value is -1.28. The molecule has 1 fully saturated rings. The maximum Gasteiger partial charge on any atom is 0.134 e. The number of benzene rings is 1. The maximum atomic E-state index is 5.46. The number of hydrogen-bond donors (Lipinski definition) is 1. The average molecular weight is 215 g/mol. The largest absolute Gasteiger partial charge is 0.464 e. The van der Waals surface area contributed by atoms with Crippen molar-refractivity contribution < 1.29 is 4.42 Å². The van der Waals surface area contributed by atoms with E-state index in [-0.39, 0.29) is 0 Å². The minimum Gasteiger partial charge on any atom is -0.464 e. The van der Waals surface area contributed by atoms with Crippen molar-refractivity contribution >= 4 is 11.0 Å². The van der Waals surface area contributed by atoms with Crippen LogP contribution in [0, 0.1) is 12.8 Å². The molecule has 0 spiro atoms. The smallest absolute Gasteiger partial charge is 0.134 e. The first-order valence-electron chi connectivity index (χ1n) is 6.00. The summed E-state index contributed by atoms with van der Waals surface area (Å²) in [4.78, 5) is 0. The fourth-order valence-corrected chi connectivity index (χ4v) is 2.55. The fourth-order valence-electron chi connectivity index (χ4n) is 2.55. The molecule has 0 amide bonds. The van der Waals surface area contributed by atoms with Crippen LogP contribution in [0.25, 0.3) is 11.0 Å². The zero-order chi connectivity index (χ0) is 11.0. The van der Waals surface area contributed by atoms with E-state index in [1.54, 1.807) is 0 Å². The predicted octanol–water partition coefficient (Wildman–Crippen LogP) is 2.89. The van der Waals surface area contributed by atoms with E-state index in [0.717, 1.165) is 11.5 Å². The number of hydrogen-bond acceptors (Lipinski definition) is 2. The van der Waals surface area contributed by atoms with Crippen LogP contribution in [-0.4, -0.2) is 13.1 Å². The van der Waals surface area contributed by atoms with Gasteiger partial charge in [-0.2, -0.15) is 0 Å². The lowest BCUT2D eigenvalue weighted by molar-refractivity contribution is 0.580. The third-order valence-electron chi connectivity index (χ3n) is 3.52. The van der Waals surface area contributed by atoms with Gasteiger partial charge in [0.25, 0.3) is 0 Å². The van der Waals surface area contributed by atoms with Crippen molar-refractivity contribution in [3.8, 4) is 0 Å². The highest BCUT2D eigenvalue weighted by Gasteiger charge is 2.15. The summed E-state index contributed by atoms with van der Waals surface area (Å²) in [5, 5.41) is 4.68. The number of rotatable bonds is 2. The quantitative estimate of drug-likeness (QED) is 0.833. The monoisotopic (exact) mass is 215 g/mol. The minimum atomic E-state index is 0.810. The Kier molecular flexibility index (Phi) is 2.44.